The molecule has 88 valence electrons. The summed E-state index contributed by atoms with van der Waals surface area (Å²) in [6.45, 7) is 0. The minimum Gasteiger partial charge on any atom is -0.469 e. The molecule has 5 heteroatoms. The van der Waals surface area contributed by atoms with E-state index in [1.807, 2.05) is 0 Å². The van der Waals surface area contributed by atoms with E-state index in [-0.39, 0.29) is 11.8 Å². The lowest BCUT2D eigenvalue weighted by molar-refractivity contribution is -0.139. The number of aromatic nitrogens is 1. The molecule has 0 spiro atoms. The fourth-order valence-electron chi connectivity index (χ4n) is 1.60. The van der Waals surface area contributed by atoms with Crippen LogP contribution in [-0.2, 0) is 16.0 Å². The number of halogens is 1. The van der Waals surface area contributed by atoms with Gasteiger partial charge >= 0.3 is 5.97 Å². The van der Waals surface area contributed by atoms with Gasteiger partial charge in [-0.05, 0) is 18.2 Å². The van der Waals surface area contributed by atoms with Crippen LogP contribution in [-0.4, -0.2) is 18.1 Å². The predicted molar refractivity (Wildman–Crippen MR) is 60.2 cm³/mol. The number of carbonyl (C=O) groups is 1. The van der Waals surface area contributed by atoms with Gasteiger partial charge in [0, 0.05) is 17.1 Å². The highest BCUT2D eigenvalue weighted by atomic mass is 19.1. The van der Waals surface area contributed by atoms with Crippen LogP contribution in [0.5, 0.6) is 0 Å². The van der Waals surface area contributed by atoms with Gasteiger partial charge in [-0.25, -0.2) is 4.39 Å². The molecule has 0 aliphatic carbocycles. The molecule has 0 atom stereocenters. The van der Waals surface area contributed by atoms with Gasteiger partial charge in [-0.2, -0.15) is 0 Å². The Morgan fingerprint density at radius 3 is 2.88 bits per heavy atom. The van der Waals surface area contributed by atoms with Gasteiger partial charge in [0.25, 0.3) is 0 Å². The fourth-order valence-corrected chi connectivity index (χ4v) is 1.60. The molecule has 1 aromatic carbocycles. The van der Waals surface area contributed by atoms with Crippen molar-refractivity contribution in [2.24, 2.45) is 0 Å². The lowest BCUT2D eigenvalue weighted by atomic mass is 10.1. The number of hydrogen-bond acceptors (Lipinski definition) is 3. The summed E-state index contributed by atoms with van der Waals surface area (Å²) in [5, 5.41) is 0.389. The van der Waals surface area contributed by atoms with Crippen LogP contribution in [0.2, 0.25) is 0 Å². The van der Waals surface area contributed by atoms with E-state index in [9.17, 15) is 14.0 Å². The molecule has 0 aliphatic heterocycles. The highest BCUT2D eigenvalue weighted by molar-refractivity contribution is 5.79. The number of aromatic amines is 1. The number of pyridine rings is 1. The van der Waals surface area contributed by atoms with Gasteiger partial charge in [-0.15, -0.1) is 0 Å². The van der Waals surface area contributed by atoms with Crippen LogP contribution >= 0.6 is 0 Å². The standard InChI is InChI=1S/C12H10FNO3/c1-17-12(16)6-8-5-11(15)9-3-2-7(13)4-10(9)14-8/h2-5H,6H2,1H3,(H,14,15). The average Bonchev–Trinajstić information content (AvgIpc) is 2.28. The first-order valence-electron chi connectivity index (χ1n) is 4.98. The van der Waals surface area contributed by atoms with E-state index in [2.05, 4.69) is 9.72 Å². The van der Waals surface area contributed by atoms with Crippen molar-refractivity contribution in [3.05, 3.63) is 46.0 Å². The smallest absolute Gasteiger partial charge is 0.311 e. The summed E-state index contributed by atoms with van der Waals surface area (Å²) in [5.41, 5.74) is 0.522. The zero-order valence-electron chi connectivity index (χ0n) is 9.12. The third-order valence-electron chi connectivity index (χ3n) is 2.41. The molecule has 4 nitrogen and oxygen atoms in total. The van der Waals surface area contributed by atoms with Crippen molar-refractivity contribution in [2.45, 2.75) is 6.42 Å². The average molecular weight is 235 g/mol. The second-order valence-electron chi connectivity index (χ2n) is 3.60. The number of H-pyrrole nitrogens is 1. The molecule has 0 unspecified atom stereocenters. The van der Waals surface area contributed by atoms with Crippen LogP contribution in [0.25, 0.3) is 10.9 Å². The van der Waals surface area contributed by atoms with Crippen LogP contribution in [0.1, 0.15) is 5.69 Å². The summed E-state index contributed by atoms with van der Waals surface area (Å²) in [6.07, 6.45) is -0.0435. The topological polar surface area (TPSA) is 59.2 Å². The van der Waals surface area contributed by atoms with Crippen LogP contribution in [0.15, 0.2) is 29.1 Å². The molecule has 0 amide bonds. The Kier molecular flexibility index (Phi) is 2.91. The van der Waals surface area contributed by atoms with E-state index >= 15 is 0 Å². The third kappa shape index (κ3) is 2.33. The van der Waals surface area contributed by atoms with Crippen molar-refractivity contribution in [3.63, 3.8) is 0 Å². The minimum absolute atomic E-state index is 0.0435. The van der Waals surface area contributed by atoms with Crippen molar-refractivity contribution in [3.8, 4) is 0 Å². The quantitative estimate of drug-likeness (QED) is 0.800. The normalized spacial score (nSPS) is 10.5. The van der Waals surface area contributed by atoms with Crippen molar-refractivity contribution in [1.29, 1.82) is 0 Å². The first-order chi connectivity index (χ1) is 8.10. The van der Waals surface area contributed by atoms with E-state index in [0.29, 0.717) is 16.6 Å². The van der Waals surface area contributed by atoms with Gasteiger partial charge in [0.2, 0.25) is 0 Å². The number of esters is 1. The Morgan fingerprint density at radius 1 is 1.41 bits per heavy atom. The summed E-state index contributed by atoms with van der Waals surface area (Å²) < 4.78 is 17.5. The monoisotopic (exact) mass is 235 g/mol. The number of fused-ring (bicyclic) bond motifs is 1. The van der Waals surface area contributed by atoms with Crippen molar-refractivity contribution >= 4 is 16.9 Å². The molecular weight excluding hydrogens is 225 g/mol. The van der Waals surface area contributed by atoms with Crippen LogP contribution in [0, 0.1) is 5.82 Å². The maximum Gasteiger partial charge on any atom is 0.311 e. The minimum atomic E-state index is -0.462. The molecule has 1 aromatic heterocycles. The zero-order chi connectivity index (χ0) is 12.4. The number of carbonyl (C=O) groups excluding carboxylic acids is 1. The fraction of sp³-hybridized carbons (Fsp3) is 0.167. The summed E-state index contributed by atoms with van der Waals surface area (Å²) in [7, 11) is 1.27. The highest BCUT2D eigenvalue weighted by Crippen LogP contribution is 2.10. The second kappa shape index (κ2) is 4.37. The molecule has 0 aliphatic rings. The van der Waals surface area contributed by atoms with Crippen molar-refractivity contribution < 1.29 is 13.9 Å². The van der Waals surface area contributed by atoms with Crippen LogP contribution < -0.4 is 5.43 Å². The van der Waals surface area contributed by atoms with E-state index < -0.39 is 11.8 Å². The first kappa shape index (κ1) is 11.3. The summed E-state index contributed by atoms with van der Waals surface area (Å²) >= 11 is 0. The second-order valence-corrected chi connectivity index (χ2v) is 3.60. The molecule has 1 N–H and O–H groups in total. The largest absolute Gasteiger partial charge is 0.469 e. The maximum absolute atomic E-state index is 13.0. The summed E-state index contributed by atoms with van der Waals surface area (Å²) in [4.78, 5) is 25.6. The van der Waals surface area contributed by atoms with Gasteiger partial charge in [0.15, 0.2) is 5.43 Å². The summed E-state index contributed by atoms with van der Waals surface area (Å²) in [6, 6.07) is 5.16. The number of benzene rings is 1. The van der Waals surface area contributed by atoms with Gasteiger partial charge < -0.3 is 9.72 Å². The Hall–Kier alpha value is -2.17. The first-order valence-corrected chi connectivity index (χ1v) is 4.98. The van der Waals surface area contributed by atoms with Gasteiger partial charge in [-0.3, -0.25) is 9.59 Å². The number of hydrogen-bond donors (Lipinski definition) is 1. The number of rotatable bonds is 2. The molecule has 0 saturated heterocycles. The van der Waals surface area contributed by atoms with Crippen molar-refractivity contribution in [1.82, 2.24) is 4.98 Å². The van der Waals surface area contributed by atoms with Gasteiger partial charge in [-0.1, -0.05) is 0 Å². The number of methoxy groups -OCH3 is 1. The van der Waals surface area contributed by atoms with Crippen molar-refractivity contribution in [2.75, 3.05) is 7.11 Å². The molecule has 2 rings (SSSR count). The lowest BCUT2D eigenvalue weighted by Crippen LogP contribution is -2.11. The number of ether oxygens (including phenoxy) is 1. The third-order valence-corrected chi connectivity index (χ3v) is 2.41. The predicted octanol–water partition coefficient (Wildman–Crippen LogP) is 1.38. The Morgan fingerprint density at radius 2 is 2.18 bits per heavy atom. The number of nitrogens with one attached hydrogen (secondary N) is 1. The molecule has 2 aromatic rings. The lowest BCUT2D eigenvalue weighted by Gasteiger charge is -2.03. The molecule has 0 bridgehead atoms. The van der Waals surface area contributed by atoms with E-state index in [1.54, 1.807) is 0 Å². The molecule has 1 heterocycles. The SMILES string of the molecule is COC(=O)Cc1cc(=O)c2ccc(F)cc2[nH]1. The van der Waals surface area contributed by atoms with E-state index in [4.69, 9.17) is 0 Å². The van der Waals surface area contributed by atoms with Gasteiger partial charge in [0.05, 0.1) is 19.0 Å². The zero-order valence-corrected chi connectivity index (χ0v) is 9.12. The Bertz CT molecular complexity index is 633. The van der Waals surface area contributed by atoms with E-state index in [0.717, 1.165) is 0 Å². The molecule has 0 radical (unpaired) electrons. The highest BCUT2D eigenvalue weighted by Gasteiger charge is 2.07. The summed E-state index contributed by atoms with van der Waals surface area (Å²) in [5.74, 6) is -0.903. The van der Waals surface area contributed by atoms with Gasteiger partial charge in [0.1, 0.15) is 5.82 Å². The molecular formula is C12H10FNO3. The Labute approximate surface area is 96.0 Å². The molecule has 0 saturated carbocycles. The Balaban J connectivity index is 2.54. The molecule has 17 heavy (non-hydrogen) atoms. The van der Waals surface area contributed by atoms with Crippen LogP contribution in [0.3, 0.4) is 0 Å². The molecule has 0 fully saturated rings. The maximum atomic E-state index is 13.0. The van der Waals surface area contributed by atoms with Crippen LogP contribution in [0.4, 0.5) is 4.39 Å². The van der Waals surface area contributed by atoms with E-state index in [1.165, 1.54) is 31.4 Å².